The lowest BCUT2D eigenvalue weighted by atomic mass is 9.76. The van der Waals surface area contributed by atoms with Gasteiger partial charge in [-0.1, -0.05) is 51.1 Å². The van der Waals surface area contributed by atoms with E-state index in [-0.39, 0.29) is 18.6 Å². The van der Waals surface area contributed by atoms with Gasteiger partial charge in [0.15, 0.2) is 6.10 Å². The van der Waals surface area contributed by atoms with Gasteiger partial charge in [0.25, 0.3) is 0 Å². The Labute approximate surface area is 210 Å². The normalized spacial score (nSPS) is 29.2. The SMILES string of the molecule is CC[C@H](/C=C(/C)[C@@H]1C[C@@H](OC)C[C@H](O)C(C)(C)c2cccc(c2)C[C@@H](OC)[C@H](OC)C(=O)O1)CO. The summed E-state index contributed by atoms with van der Waals surface area (Å²) < 4.78 is 23.0. The van der Waals surface area contributed by atoms with Crippen molar-refractivity contribution in [2.75, 3.05) is 27.9 Å². The van der Waals surface area contributed by atoms with Crippen LogP contribution in [0.5, 0.6) is 0 Å². The quantitative estimate of drug-likeness (QED) is 0.444. The summed E-state index contributed by atoms with van der Waals surface area (Å²) in [6.07, 6.45) is 0.806. The first-order chi connectivity index (χ1) is 16.6. The highest BCUT2D eigenvalue weighted by molar-refractivity contribution is 5.76. The Morgan fingerprint density at radius 2 is 1.91 bits per heavy atom. The predicted octanol–water partition coefficient (Wildman–Crippen LogP) is 3.58. The van der Waals surface area contributed by atoms with Crippen LogP contribution in [-0.2, 0) is 35.6 Å². The molecule has 1 aromatic carbocycles. The van der Waals surface area contributed by atoms with E-state index in [0.29, 0.717) is 19.3 Å². The van der Waals surface area contributed by atoms with Gasteiger partial charge in [-0.05, 0) is 30.0 Å². The smallest absolute Gasteiger partial charge is 0.338 e. The molecule has 1 aliphatic heterocycles. The lowest BCUT2D eigenvalue weighted by molar-refractivity contribution is -0.169. The largest absolute Gasteiger partial charge is 0.456 e. The van der Waals surface area contributed by atoms with Crippen molar-refractivity contribution in [1.82, 2.24) is 0 Å². The molecule has 2 N–H and O–H groups in total. The first-order valence-electron chi connectivity index (χ1n) is 12.5. The molecule has 0 saturated heterocycles. The van der Waals surface area contributed by atoms with E-state index in [1.807, 2.05) is 52.0 Å². The van der Waals surface area contributed by atoms with Crippen LogP contribution in [0.1, 0.15) is 58.1 Å². The number of aliphatic hydroxyl groups excluding tert-OH is 2. The Morgan fingerprint density at radius 1 is 1.20 bits per heavy atom. The zero-order chi connectivity index (χ0) is 26.2. The highest BCUT2D eigenvalue weighted by Gasteiger charge is 2.37. The van der Waals surface area contributed by atoms with Crippen molar-refractivity contribution in [3.63, 3.8) is 0 Å². The van der Waals surface area contributed by atoms with E-state index >= 15 is 0 Å². The first-order valence-corrected chi connectivity index (χ1v) is 12.5. The average Bonchev–Trinajstić information content (AvgIpc) is 2.85. The Bertz CT molecular complexity index is 830. The van der Waals surface area contributed by atoms with E-state index in [4.69, 9.17) is 18.9 Å². The minimum atomic E-state index is -0.915. The van der Waals surface area contributed by atoms with Gasteiger partial charge >= 0.3 is 5.97 Å². The fourth-order valence-corrected chi connectivity index (χ4v) is 4.62. The number of fused-ring (bicyclic) bond motifs is 2. The molecule has 1 aromatic rings. The molecule has 1 aliphatic rings. The lowest BCUT2D eigenvalue weighted by Gasteiger charge is -2.35. The van der Waals surface area contributed by atoms with Crippen LogP contribution in [0.3, 0.4) is 0 Å². The topological polar surface area (TPSA) is 94.5 Å². The molecule has 0 fully saturated rings. The number of benzene rings is 1. The fraction of sp³-hybridized carbons (Fsp3) is 0.679. The molecule has 2 rings (SSSR count). The van der Waals surface area contributed by atoms with Gasteiger partial charge in [-0.15, -0.1) is 0 Å². The summed E-state index contributed by atoms with van der Waals surface area (Å²) in [5.41, 5.74) is 2.28. The van der Waals surface area contributed by atoms with Crippen molar-refractivity contribution in [2.45, 2.75) is 89.3 Å². The molecule has 0 amide bonds. The van der Waals surface area contributed by atoms with E-state index in [2.05, 4.69) is 6.07 Å². The van der Waals surface area contributed by atoms with Crippen molar-refractivity contribution >= 4 is 5.97 Å². The van der Waals surface area contributed by atoms with E-state index in [1.165, 1.54) is 7.11 Å². The third kappa shape index (κ3) is 7.61. The van der Waals surface area contributed by atoms with Gasteiger partial charge < -0.3 is 29.2 Å². The second-order valence-corrected chi connectivity index (χ2v) is 10.1. The van der Waals surface area contributed by atoms with Gasteiger partial charge in [-0.3, -0.25) is 0 Å². The summed E-state index contributed by atoms with van der Waals surface area (Å²) in [6, 6.07) is 8.01. The Hall–Kier alpha value is -1.77. The third-order valence-corrected chi connectivity index (χ3v) is 7.39. The Balaban J connectivity index is 2.54. The molecule has 7 heteroatoms. The number of aliphatic hydroxyl groups is 2. The summed E-state index contributed by atoms with van der Waals surface area (Å²) in [5, 5.41) is 21.0. The van der Waals surface area contributed by atoms with Gasteiger partial charge in [-0.25, -0.2) is 4.79 Å². The number of carbonyl (C=O) groups is 1. The third-order valence-electron chi connectivity index (χ3n) is 7.39. The maximum atomic E-state index is 13.3. The van der Waals surface area contributed by atoms with E-state index in [1.54, 1.807) is 14.2 Å². The molecule has 0 radical (unpaired) electrons. The van der Waals surface area contributed by atoms with Crippen molar-refractivity contribution in [1.29, 1.82) is 0 Å². The molecule has 2 bridgehead atoms. The van der Waals surface area contributed by atoms with E-state index in [9.17, 15) is 15.0 Å². The van der Waals surface area contributed by atoms with Crippen LogP contribution in [0.15, 0.2) is 35.9 Å². The van der Waals surface area contributed by atoms with Crippen molar-refractivity contribution < 1.29 is 34.0 Å². The van der Waals surface area contributed by atoms with Crippen LogP contribution >= 0.6 is 0 Å². The zero-order valence-electron chi connectivity index (χ0n) is 22.3. The number of methoxy groups -OCH3 is 3. The molecule has 0 saturated carbocycles. The van der Waals surface area contributed by atoms with E-state index in [0.717, 1.165) is 23.1 Å². The highest BCUT2D eigenvalue weighted by Crippen LogP contribution is 2.33. The summed E-state index contributed by atoms with van der Waals surface area (Å²) in [6.45, 7) is 7.96. The molecule has 0 spiro atoms. The highest BCUT2D eigenvalue weighted by atomic mass is 16.6. The lowest BCUT2D eigenvalue weighted by Crippen LogP contribution is -2.43. The second-order valence-electron chi connectivity index (χ2n) is 10.1. The Kier molecular flexibility index (Phi) is 11.4. The number of carbonyl (C=O) groups excluding carboxylic acids is 1. The Morgan fingerprint density at radius 3 is 2.49 bits per heavy atom. The van der Waals surface area contributed by atoms with Crippen LogP contribution in [0.4, 0.5) is 0 Å². The number of cyclic esters (lactones) is 1. The molecule has 7 nitrogen and oxygen atoms in total. The summed E-state index contributed by atoms with van der Waals surface area (Å²) in [4.78, 5) is 13.3. The summed E-state index contributed by atoms with van der Waals surface area (Å²) in [5.74, 6) is -0.555. The number of rotatable bonds is 7. The van der Waals surface area contributed by atoms with Crippen LogP contribution in [-0.4, -0.2) is 74.6 Å². The molecule has 0 aromatic heterocycles. The molecule has 198 valence electrons. The van der Waals surface area contributed by atoms with Crippen LogP contribution in [0.2, 0.25) is 0 Å². The van der Waals surface area contributed by atoms with Gasteiger partial charge in [0.05, 0.1) is 18.3 Å². The van der Waals surface area contributed by atoms with Crippen LogP contribution in [0.25, 0.3) is 0 Å². The van der Waals surface area contributed by atoms with Gasteiger partial charge in [0.2, 0.25) is 0 Å². The minimum absolute atomic E-state index is 0.0132. The molecule has 0 aliphatic carbocycles. The molecular weight excluding hydrogens is 448 g/mol. The number of hydrogen-bond acceptors (Lipinski definition) is 7. The number of hydrogen-bond donors (Lipinski definition) is 2. The van der Waals surface area contributed by atoms with Crippen molar-refractivity contribution in [3.05, 3.63) is 47.0 Å². The van der Waals surface area contributed by atoms with Crippen LogP contribution in [0, 0.1) is 5.92 Å². The van der Waals surface area contributed by atoms with Crippen molar-refractivity contribution in [3.8, 4) is 0 Å². The minimum Gasteiger partial charge on any atom is -0.456 e. The molecular formula is C28H44O7. The molecule has 0 unspecified atom stereocenters. The van der Waals surface area contributed by atoms with E-state index < -0.39 is 35.8 Å². The zero-order valence-corrected chi connectivity index (χ0v) is 22.3. The molecule has 1 heterocycles. The maximum absolute atomic E-state index is 13.3. The van der Waals surface area contributed by atoms with Gasteiger partial charge in [0, 0.05) is 58.5 Å². The fourth-order valence-electron chi connectivity index (χ4n) is 4.62. The van der Waals surface area contributed by atoms with Gasteiger partial charge in [-0.2, -0.15) is 0 Å². The second kappa shape index (κ2) is 13.5. The van der Waals surface area contributed by atoms with Crippen molar-refractivity contribution in [2.24, 2.45) is 5.92 Å². The van der Waals surface area contributed by atoms with Crippen LogP contribution < -0.4 is 0 Å². The maximum Gasteiger partial charge on any atom is 0.338 e. The standard InChI is InChI=1S/C28H44O7/c1-8-19(17-29)12-18(2)23-15-22(32-5)16-25(30)28(3,4)21-11-9-10-20(13-21)14-24(33-6)26(34-7)27(31)35-23/h9-13,19,22-26,29-30H,8,14-17H2,1-7H3/b18-12-/t19-,22-,23+,24-,25+,26+/m1/s1. The first kappa shape index (κ1) is 29.5. The molecule has 6 atom stereocenters. The number of esters is 1. The predicted molar refractivity (Wildman–Crippen MR) is 135 cm³/mol. The van der Waals surface area contributed by atoms with Gasteiger partial charge in [0.1, 0.15) is 6.10 Å². The molecule has 35 heavy (non-hydrogen) atoms. The summed E-state index contributed by atoms with van der Waals surface area (Å²) >= 11 is 0. The average molecular weight is 493 g/mol. The number of ether oxygens (including phenoxy) is 4. The summed E-state index contributed by atoms with van der Waals surface area (Å²) in [7, 11) is 4.64. The monoisotopic (exact) mass is 492 g/mol.